The van der Waals surface area contributed by atoms with Gasteiger partial charge in [0, 0.05) is 36.8 Å². The highest BCUT2D eigenvalue weighted by molar-refractivity contribution is 5.88. The summed E-state index contributed by atoms with van der Waals surface area (Å²) in [6.45, 7) is 7.67. The van der Waals surface area contributed by atoms with Crippen molar-refractivity contribution in [1.29, 1.82) is 0 Å². The number of carbonyl (C=O) groups is 1. The van der Waals surface area contributed by atoms with Crippen molar-refractivity contribution in [3.63, 3.8) is 0 Å². The molecular formula is C18H24N4O3. The second-order valence-corrected chi connectivity index (χ2v) is 6.03. The van der Waals surface area contributed by atoms with Crippen LogP contribution in [0.25, 0.3) is 0 Å². The molecule has 1 aromatic heterocycles. The monoisotopic (exact) mass is 344 g/mol. The highest BCUT2D eigenvalue weighted by atomic mass is 16.5. The van der Waals surface area contributed by atoms with Gasteiger partial charge in [0.2, 0.25) is 0 Å². The van der Waals surface area contributed by atoms with Gasteiger partial charge in [0.05, 0.1) is 18.5 Å². The van der Waals surface area contributed by atoms with Crippen LogP contribution in [0.5, 0.6) is 11.5 Å². The van der Waals surface area contributed by atoms with E-state index in [4.69, 9.17) is 9.47 Å². The molecule has 134 valence electrons. The van der Waals surface area contributed by atoms with Crippen molar-refractivity contribution < 1.29 is 14.3 Å². The molecule has 2 heterocycles. The summed E-state index contributed by atoms with van der Waals surface area (Å²) in [6, 6.07) is 3.69. The molecule has 2 aromatic rings. The molecule has 1 aliphatic rings. The van der Waals surface area contributed by atoms with Gasteiger partial charge in [-0.1, -0.05) is 0 Å². The number of hydrogen-bond acceptors (Lipinski definition) is 4. The van der Waals surface area contributed by atoms with Crippen LogP contribution in [0, 0.1) is 0 Å². The van der Waals surface area contributed by atoms with E-state index in [1.54, 1.807) is 17.1 Å². The molecule has 2 amide bonds. The summed E-state index contributed by atoms with van der Waals surface area (Å²) in [6.07, 6.45) is 4.46. The number of anilines is 1. The van der Waals surface area contributed by atoms with Crippen LogP contribution in [0.15, 0.2) is 24.5 Å². The first-order valence-electron chi connectivity index (χ1n) is 8.61. The molecule has 7 heteroatoms. The van der Waals surface area contributed by atoms with Gasteiger partial charge in [0.25, 0.3) is 0 Å². The lowest BCUT2D eigenvalue weighted by Crippen LogP contribution is -2.28. The first-order chi connectivity index (χ1) is 12.1. The Morgan fingerprint density at radius 2 is 2.28 bits per heavy atom. The van der Waals surface area contributed by atoms with Gasteiger partial charge in [-0.25, -0.2) is 4.79 Å². The van der Waals surface area contributed by atoms with E-state index in [1.807, 2.05) is 32.9 Å². The quantitative estimate of drug-likeness (QED) is 0.845. The fourth-order valence-corrected chi connectivity index (χ4v) is 2.86. The highest BCUT2D eigenvalue weighted by Gasteiger charge is 2.22. The fraction of sp³-hybridized carbons (Fsp3) is 0.444. The van der Waals surface area contributed by atoms with Crippen LogP contribution in [0.3, 0.4) is 0 Å². The lowest BCUT2D eigenvalue weighted by molar-refractivity contribution is 0.250. The molecule has 0 spiro atoms. The van der Waals surface area contributed by atoms with Crippen LogP contribution >= 0.6 is 0 Å². The van der Waals surface area contributed by atoms with Crippen molar-refractivity contribution in [1.82, 2.24) is 15.1 Å². The van der Waals surface area contributed by atoms with Crippen LogP contribution in [0.2, 0.25) is 0 Å². The Labute approximate surface area is 147 Å². The Bertz CT molecular complexity index is 757. The van der Waals surface area contributed by atoms with Gasteiger partial charge in [0.1, 0.15) is 17.6 Å². The second-order valence-electron chi connectivity index (χ2n) is 6.03. The number of urea groups is 1. The maximum absolute atomic E-state index is 12.1. The molecule has 0 fully saturated rings. The van der Waals surface area contributed by atoms with Crippen LogP contribution < -0.4 is 20.1 Å². The number of nitrogens with zero attached hydrogens (tertiary/aromatic N) is 2. The Kier molecular flexibility index (Phi) is 5.11. The number of aryl methyl sites for hydroxylation is 1. The first-order valence-corrected chi connectivity index (χ1v) is 8.61. The fourth-order valence-electron chi connectivity index (χ4n) is 2.86. The van der Waals surface area contributed by atoms with Crippen molar-refractivity contribution in [2.75, 3.05) is 11.9 Å². The standard InChI is InChI=1S/C18H24N4O3/c1-4-22-11-15(10-20-22)21-18(23)19-9-14-8-17-13(6-12(3)25-17)7-16(14)24-5-2/h7-8,10-12H,4-6,9H2,1-3H3,(H2,19,21,23)/t12-/m1/s1. The van der Waals surface area contributed by atoms with Gasteiger partial charge in [-0.2, -0.15) is 5.10 Å². The second kappa shape index (κ2) is 7.46. The zero-order valence-corrected chi connectivity index (χ0v) is 14.8. The van der Waals surface area contributed by atoms with Gasteiger partial charge in [0.15, 0.2) is 0 Å². The Morgan fingerprint density at radius 1 is 1.44 bits per heavy atom. The Hall–Kier alpha value is -2.70. The largest absolute Gasteiger partial charge is 0.494 e. The van der Waals surface area contributed by atoms with E-state index in [1.165, 1.54) is 0 Å². The van der Waals surface area contributed by atoms with E-state index >= 15 is 0 Å². The van der Waals surface area contributed by atoms with E-state index in [2.05, 4.69) is 15.7 Å². The molecule has 7 nitrogen and oxygen atoms in total. The summed E-state index contributed by atoms with van der Waals surface area (Å²) >= 11 is 0. The molecule has 0 bridgehead atoms. The number of hydrogen-bond donors (Lipinski definition) is 2. The highest BCUT2D eigenvalue weighted by Crippen LogP contribution is 2.35. The minimum Gasteiger partial charge on any atom is -0.494 e. The predicted molar refractivity (Wildman–Crippen MR) is 95.2 cm³/mol. The van der Waals surface area contributed by atoms with Crippen molar-refractivity contribution in [2.45, 2.75) is 46.4 Å². The van der Waals surface area contributed by atoms with E-state index in [-0.39, 0.29) is 12.1 Å². The SMILES string of the molecule is CCOc1cc2c(cc1CNC(=O)Nc1cnn(CC)c1)O[C@H](C)C2. The molecule has 0 aliphatic carbocycles. The Balaban J connectivity index is 1.65. The number of benzene rings is 1. The summed E-state index contributed by atoms with van der Waals surface area (Å²) in [5.41, 5.74) is 2.71. The van der Waals surface area contributed by atoms with Crippen LogP contribution in [-0.2, 0) is 19.5 Å². The molecule has 25 heavy (non-hydrogen) atoms. The number of carbonyl (C=O) groups excluding carboxylic acids is 1. The smallest absolute Gasteiger partial charge is 0.319 e. The maximum atomic E-state index is 12.1. The van der Waals surface area contributed by atoms with Gasteiger partial charge in [-0.15, -0.1) is 0 Å². The predicted octanol–water partition coefficient (Wildman–Crippen LogP) is 2.95. The lowest BCUT2D eigenvalue weighted by Gasteiger charge is -2.13. The summed E-state index contributed by atoms with van der Waals surface area (Å²) < 4.78 is 13.3. The minimum atomic E-state index is -0.284. The molecule has 1 aliphatic heterocycles. The summed E-state index contributed by atoms with van der Waals surface area (Å²) in [7, 11) is 0. The van der Waals surface area contributed by atoms with Crippen LogP contribution in [0.1, 0.15) is 31.9 Å². The van der Waals surface area contributed by atoms with Gasteiger partial charge < -0.3 is 20.1 Å². The molecule has 0 saturated heterocycles. The van der Waals surface area contributed by atoms with Crippen molar-refractivity contribution >= 4 is 11.7 Å². The zero-order valence-electron chi connectivity index (χ0n) is 14.8. The molecule has 1 atom stereocenters. The molecule has 3 rings (SSSR count). The molecule has 0 radical (unpaired) electrons. The zero-order chi connectivity index (χ0) is 17.8. The van der Waals surface area contributed by atoms with Crippen molar-refractivity contribution in [2.24, 2.45) is 0 Å². The van der Waals surface area contributed by atoms with E-state index < -0.39 is 0 Å². The number of amides is 2. The van der Waals surface area contributed by atoms with Crippen molar-refractivity contribution in [3.8, 4) is 11.5 Å². The third-order valence-electron chi connectivity index (χ3n) is 4.03. The number of nitrogens with one attached hydrogen (secondary N) is 2. The molecular weight excluding hydrogens is 320 g/mol. The van der Waals surface area contributed by atoms with Gasteiger partial charge in [-0.05, 0) is 32.9 Å². The van der Waals surface area contributed by atoms with Gasteiger partial charge in [-0.3, -0.25) is 4.68 Å². The summed E-state index contributed by atoms with van der Waals surface area (Å²) in [5.74, 6) is 1.66. The third-order valence-corrected chi connectivity index (χ3v) is 4.03. The van der Waals surface area contributed by atoms with E-state index in [9.17, 15) is 4.79 Å². The van der Waals surface area contributed by atoms with Crippen molar-refractivity contribution in [3.05, 3.63) is 35.7 Å². The summed E-state index contributed by atoms with van der Waals surface area (Å²) in [5, 5.41) is 9.75. The normalized spacial score (nSPS) is 15.4. The third kappa shape index (κ3) is 4.04. The first kappa shape index (κ1) is 17.1. The number of rotatable bonds is 6. The number of fused-ring (bicyclic) bond motifs is 1. The lowest BCUT2D eigenvalue weighted by atomic mass is 10.1. The molecule has 2 N–H and O–H groups in total. The average molecular weight is 344 g/mol. The molecule has 0 unspecified atom stereocenters. The Morgan fingerprint density at radius 3 is 3.00 bits per heavy atom. The topological polar surface area (TPSA) is 77.4 Å². The molecule has 0 saturated carbocycles. The van der Waals surface area contributed by atoms with Crippen LogP contribution in [0.4, 0.5) is 10.5 Å². The van der Waals surface area contributed by atoms with Gasteiger partial charge >= 0.3 is 6.03 Å². The summed E-state index contributed by atoms with van der Waals surface area (Å²) in [4.78, 5) is 12.1. The minimum absolute atomic E-state index is 0.172. The van der Waals surface area contributed by atoms with E-state index in [0.29, 0.717) is 18.8 Å². The number of ether oxygens (including phenoxy) is 2. The van der Waals surface area contributed by atoms with E-state index in [0.717, 1.165) is 35.6 Å². The number of aromatic nitrogens is 2. The maximum Gasteiger partial charge on any atom is 0.319 e. The van der Waals surface area contributed by atoms with Crippen LogP contribution in [-0.4, -0.2) is 28.5 Å². The average Bonchev–Trinajstić information content (AvgIpc) is 3.17. The molecule has 1 aromatic carbocycles.